The molecule has 1 aromatic heterocycles. The van der Waals surface area contributed by atoms with E-state index in [0.29, 0.717) is 12.2 Å². The SMILES string of the molecule is C=CCC(c1ccco1)/[N+]([O-])=C/c1ccccc1. The fraction of sp³-hybridized carbons (Fsp3) is 0.133. The highest BCUT2D eigenvalue weighted by molar-refractivity contribution is 5.75. The van der Waals surface area contributed by atoms with Crippen molar-refractivity contribution in [2.24, 2.45) is 0 Å². The summed E-state index contributed by atoms with van der Waals surface area (Å²) in [6, 6.07) is 12.7. The quantitative estimate of drug-likeness (QED) is 0.264. The van der Waals surface area contributed by atoms with Crippen molar-refractivity contribution < 1.29 is 9.16 Å². The second kappa shape index (κ2) is 5.87. The molecule has 1 aromatic carbocycles. The van der Waals surface area contributed by atoms with Crippen molar-refractivity contribution in [1.82, 2.24) is 0 Å². The highest BCUT2D eigenvalue weighted by atomic mass is 16.5. The fourth-order valence-corrected chi connectivity index (χ4v) is 1.76. The van der Waals surface area contributed by atoms with Gasteiger partial charge in [-0.15, -0.1) is 6.58 Å². The van der Waals surface area contributed by atoms with E-state index in [-0.39, 0.29) is 6.04 Å². The van der Waals surface area contributed by atoms with Gasteiger partial charge in [0.05, 0.1) is 6.26 Å². The molecule has 0 aliphatic rings. The van der Waals surface area contributed by atoms with Crippen molar-refractivity contribution >= 4 is 6.21 Å². The van der Waals surface area contributed by atoms with Crippen LogP contribution in [0.2, 0.25) is 0 Å². The zero-order chi connectivity index (χ0) is 12.8. The van der Waals surface area contributed by atoms with Crippen LogP contribution >= 0.6 is 0 Å². The lowest BCUT2D eigenvalue weighted by molar-refractivity contribution is -0.505. The Balaban J connectivity index is 2.26. The van der Waals surface area contributed by atoms with Crippen molar-refractivity contribution in [1.29, 1.82) is 0 Å². The third-order valence-electron chi connectivity index (χ3n) is 2.64. The van der Waals surface area contributed by atoms with Crippen LogP contribution < -0.4 is 0 Å². The van der Waals surface area contributed by atoms with E-state index < -0.39 is 0 Å². The smallest absolute Gasteiger partial charge is 0.223 e. The van der Waals surface area contributed by atoms with Gasteiger partial charge in [0.2, 0.25) is 6.04 Å². The number of furan rings is 1. The first-order valence-electron chi connectivity index (χ1n) is 5.81. The minimum absolute atomic E-state index is 0.363. The van der Waals surface area contributed by atoms with Gasteiger partial charge in [-0.3, -0.25) is 0 Å². The first-order chi connectivity index (χ1) is 8.81. The molecular weight excluding hydrogens is 226 g/mol. The van der Waals surface area contributed by atoms with Gasteiger partial charge >= 0.3 is 0 Å². The summed E-state index contributed by atoms with van der Waals surface area (Å²) in [5.74, 6) is 0.650. The molecule has 1 atom stereocenters. The number of rotatable bonds is 5. The van der Waals surface area contributed by atoms with E-state index in [1.54, 1.807) is 30.7 Å². The normalized spacial score (nSPS) is 13.2. The van der Waals surface area contributed by atoms with Crippen molar-refractivity contribution in [2.75, 3.05) is 0 Å². The average Bonchev–Trinajstić information content (AvgIpc) is 2.90. The summed E-state index contributed by atoms with van der Waals surface area (Å²) in [6.07, 6.45) is 5.40. The van der Waals surface area contributed by atoms with E-state index >= 15 is 0 Å². The van der Waals surface area contributed by atoms with Gasteiger partial charge in [-0.05, 0) is 24.3 Å². The maximum absolute atomic E-state index is 12.2. The van der Waals surface area contributed by atoms with Crippen LogP contribution in [0.5, 0.6) is 0 Å². The maximum atomic E-state index is 12.2. The van der Waals surface area contributed by atoms with Gasteiger partial charge in [0, 0.05) is 12.0 Å². The molecule has 0 aliphatic heterocycles. The van der Waals surface area contributed by atoms with Gasteiger partial charge in [-0.25, -0.2) is 4.74 Å². The molecule has 0 saturated carbocycles. The molecule has 1 heterocycles. The van der Waals surface area contributed by atoms with E-state index in [1.807, 2.05) is 30.3 Å². The van der Waals surface area contributed by atoms with E-state index in [1.165, 1.54) is 0 Å². The Kier molecular flexibility index (Phi) is 3.97. The third kappa shape index (κ3) is 2.88. The zero-order valence-electron chi connectivity index (χ0n) is 10.0. The Hall–Kier alpha value is -2.29. The van der Waals surface area contributed by atoms with E-state index in [0.717, 1.165) is 10.3 Å². The lowest BCUT2D eigenvalue weighted by Gasteiger charge is -2.13. The van der Waals surface area contributed by atoms with Crippen molar-refractivity contribution in [2.45, 2.75) is 12.5 Å². The minimum atomic E-state index is -0.363. The van der Waals surface area contributed by atoms with Crippen molar-refractivity contribution in [3.05, 3.63) is 77.9 Å². The summed E-state index contributed by atoms with van der Waals surface area (Å²) < 4.78 is 6.21. The molecule has 2 aromatic rings. The van der Waals surface area contributed by atoms with E-state index in [9.17, 15) is 5.21 Å². The molecule has 2 rings (SSSR count). The molecule has 0 spiro atoms. The topological polar surface area (TPSA) is 39.2 Å². The second-order valence-electron chi connectivity index (χ2n) is 3.96. The number of nitrogens with zero attached hydrogens (tertiary/aromatic N) is 1. The van der Waals surface area contributed by atoms with Crippen LogP contribution in [0.4, 0.5) is 0 Å². The molecule has 3 nitrogen and oxygen atoms in total. The van der Waals surface area contributed by atoms with Crippen LogP contribution in [0.15, 0.2) is 65.8 Å². The molecule has 92 valence electrons. The molecule has 0 fully saturated rings. The average molecular weight is 241 g/mol. The number of hydrogen-bond acceptors (Lipinski definition) is 2. The van der Waals surface area contributed by atoms with Gasteiger partial charge in [0.15, 0.2) is 12.0 Å². The van der Waals surface area contributed by atoms with Gasteiger partial charge < -0.3 is 9.62 Å². The van der Waals surface area contributed by atoms with Crippen LogP contribution in [-0.4, -0.2) is 11.0 Å². The Morgan fingerprint density at radius 2 is 2.00 bits per heavy atom. The first kappa shape index (κ1) is 12.2. The summed E-state index contributed by atoms with van der Waals surface area (Å²) in [6.45, 7) is 3.68. The molecule has 18 heavy (non-hydrogen) atoms. The Labute approximate surface area is 106 Å². The maximum Gasteiger partial charge on any atom is 0.223 e. The molecule has 3 heteroatoms. The van der Waals surface area contributed by atoms with Crippen LogP contribution in [0.1, 0.15) is 23.8 Å². The molecule has 0 radical (unpaired) electrons. The predicted octanol–water partition coefficient (Wildman–Crippen LogP) is 3.53. The molecule has 0 N–H and O–H groups in total. The Morgan fingerprint density at radius 1 is 1.22 bits per heavy atom. The van der Waals surface area contributed by atoms with E-state index in [4.69, 9.17) is 4.42 Å². The number of hydroxylamine groups is 1. The molecule has 1 unspecified atom stereocenters. The molecule has 0 aliphatic carbocycles. The Bertz CT molecular complexity index is 515. The summed E-state index contributed by atoms with van der Waals surface area (Å²) in [5, 5.41) is 12.2. The number of benzene rings is 1. The highest BCUT2D eigenvalue weighted by Crippen LogP contribution is 2.21. The summed E-state index contributed by atoms with van der Waals surface area (Å²) in [5.41, 5.74) is 0.869. The summed E-state index contributed by atoms with van der Waals surface area (Å²) >= 11 is 0. The van der Waals surface area contributed by atoms with Crippen LogP contribution in [-0.2, 0) is 0 Å². The fourth-order valence-electron chi connectivity index (χ4n) is 1.76. The van der Waals surface area contributed by atoms with Crippen LogP contribution in [0, 0.1) is 5.21 Å². The van der Waals surface area contributed by atoms with Crippen molar-refractivity contribution in [3.8, 4) is 0 Å². The molecular formula is C15H15NO2. The van der Waals surface area contributed by atoms with Gasteiger partial charge in [-0.2, -0.15) is 0 Å². The van der Waals surface area contributed by atoms with E-state index in [2.05, 4.69) is 6.58 Å². The lowest BCUT2D eigenvalue weighted by atomic mass is 10.1. The largest absolute Gasteiger partial charge is 0.623 e. The molecule has 0 amide bonds. The zero-order valence-corrected chi connectivity index (χ0v) is 10.0. The standard InChI is InChI=1S/C15H15NO2/c1-2-7-14(15-10-6-11-18-15)16(17)12-13-8-4-3-5-9-13/h2-6,8-12,14H,1,7H2/b16-12-. The first-order valence-corrected chi connectivity index (χ1v) is 5.81. The molecule has 0 saturated heterocycles. The number of hydrogen-bond donors (Lipinski definition) is 0. The molecule has 0 bridgehead atoms. The van der Waals surface area contributed by atoms with Crippen molar-refractivity contribution in [3.63, 3.8) is 0 Å². The minimum Gasteiger partial charge on any atom is -0.623 e. The second-order valence-corrected chi connectivity index (χ2v) is 3.96. The third-order valence-corrected chi connectivity index (χ3v) is 2.64. The van der Waals surface area contributed by atoms with Gasteiger partial charge in [0.25, 0.3) is 0 Å². The highest BCUT2D eigenvalue weighted by Gasteiger charge is 2.20. The Morgan fingerprint density at radius 3 is 2.61 bits per heavy atom. The predicted molar refractivity (Wildman–Crippen MR) is 71.5 cm³/mol. The van der Waals surface area contributed by atoms with Gasteiger partial charge in [0.1, 0.15) is 0 Å². The van der Waals surface area contributed by atoms with Crippen LogP contribution in [0.3, 0.4) is 0 Å². The van der Waals surface area contributed by atoms with Gasteiger partial charge in [-0.1, -0.05) is 24.3 Å². The summed E-state index contributed by atoms with van der Waals surface area (Å²) in [7, 11) is 0. The monoisotopic (exact) mass is 241 g/mol. The summed E-state index contributed by atoms with van der Waals surface area (Å²) in [4.78, 5) is 0. The van der Waals surface area contributed by atoms with Crippen LogP contribution in [0.25, 0.3) is 0 Å². The lowest BCUT2D eigenvalue weighted by Crippen LogP contribution is -2.13.